The van der Waals surface area contributed by atoms with Crippen LogP contribution in [0.2, 0.25) is 0 Å². The van der Waals surface area contributed by atoms with Crippen LogP contribution in [0.4, 0.5) is 4.79 Å². The molecule has 0 radical (unpaired) electrons. The predicted octanol–water partition coefficient (Wildman–Crippen LogP) is 9.02. The molecule has 0 aliphatic rings. The number of nitrogens with one attached hydrogen (secondary N) is 1. The Kier molecular flexibility index (Phi) is 13.7. The highest BCUT2D eigenvalue weighted by atomic mass is 16.6. The third-order valence-electron chi connectivity index (χ3n) is 9.27. The molecule has 5 aromatic rings. The van der Waals surface area contributed by atoms with Gasteiger partial charge in [-0.3, -0.25) is 0 Å². The lowest BCUT2D eigenvalue weighted by Gasteiger charge is -2.37. The van der Waals surface area contributed by atoms with Crippen molar-refractivity contribution in [2.45, 2.75) is 49.7 Å². The average molecular weight is 688 g/mol. The first kappa shape index (κ1) is 37.2. The van der Waals surface area contributed by atoms with Crippen molar-refractivity contribution >= 4 is 6.09 Å². The van der Waals surface area contributed by atoms with Crippen LogP contribution in [-0.2, 0) is 20.7 Å². The lowest BCUT2D eigenvalue weighted by molar-refractivity contribution is -0.00900. The topological polar surface area (TPSA) is 86.3 Å². The molecule has 0 aromatic heterocycles. The van der Waals surface area contributed by atoms with Gasteiger partial charge < -0.3 is 29.4 Å². The summed E-state index contributed by atoms with van der Waals surface area (Å²) in [5.41, 5.74) is 2.62. The van der Waals surface area contributed by atoms with Crippen LogP contribution in [0.15, 0.2) is 140 Å². The third-order valence-corrected chi connectivity index (χ3v) is 9.27. The molecular weight excluding hydrogens is 638 g/mol. The molecule has 0 bridgehead atoms. The van der Waals surface area contributed by atoms with Crippen molar-refractivity contribution in [2.24, 2.45) is 0 Å². The average Bonchev–Trinajstić information content (AvgIpc) is 3.20. The van der Waals surface area contributed by atoms with E-state index in [1.54, 1.807) is 14.2 Å². The number of ether oxygens (including phenoxy) is 4. The van der Waals surface area contributed by atoms with E-state index in [0.29, 0.717) is 26.0 Å². The van der Waals surface area contributed by atoms with Gasteiger partial charge in [-0.15, -0.1) is 0 Å². The zero-order valence-electron chi connectivity index (χ0n) is 29.6. The molecule has 5 aromatic carbocycles. The molecule has 0 saturated carbocycles. The van der Waals surface area contributed by atoms with Crippen molar-refractivity contribution in [3.05, 3.63) is 167 Å². The number of carbonyl (C=O) groups excluding carboxylic acids is 1. The number of hydrogen-bond donors (Lipinski definition) is 2. The summed E-state index contributed by atoms with van der Waals surface area (Å²) in [7, 11) is 3.32. The molecule has 0 aliphatic heterocycles. The van der Waals surface area contributed by atoms with E-state index in [1.807, 2.05) is 127 Å². The largest absolute Gasteiger partial charge is 0.497 e. The summed E-state index contributed by atoms with van der Waals surface area (Å²) in [5, 5.41) is 12.1. The van der Waals surface area contributed by atoms with Gasteiger partial charge in [0, 0.05) is 30.9 Å². The third kappa shape index (κ3) is 9.17. The molecule has 7 heteroatoms. The minimum Gasteiger partial charge on any atom is -0.497 e. The van der Waals surface area contributed by atoms with Gasteiger partial charge in [0.1, 0.15) is 17.1 Å². The fourth-order valence-electron chi connectivity index (χ4n) is 6.63. The predicted molar refractivity (Wildman–Crippen MR) is 201 cm³/mol. The number of carbonyl (C=O) groups is 1. The van der Waals surface area contributed by atoms with Crippen LogP contribution in [0.1, 0.15) is 66.3 Å². The molecule has 0 unspecified atom stereocenters. The van der Waals surface area contributed by atoms with Gasteiger partial charge in [-0.2, -0.15) is 0 Å². The van der Waals surface area contributed by atoms with Crippen LogP contribution >= 0.6 is 0 Å². The van der Waals surface area contributed by atoms with Gasteiger partial charge >= 0.3 is 6.09 Å². The number of rotatable bonds is 19. The number of alkyl carbamates (subject to hydrolysis) is 1. The van der Waals surface area contributed by atoms with Crippen molar-refractivity contribution in [2.75, 3.05) is 34.0 Å². The second-order valence-electron chi connectivity index (χ2n) is 12.5. The SMILES string of the molecule is COc1ccc(C(OCCCC(OC(=O)NCCCCCCO)(c2ccccc2)c2ccccc2)(c2ccccc2)c2ccc(OC)cc2)cc1. The highest BCUT2D eigenvalue weighted by molar-refractivity contribution is 5.68. The lowest BCUT2D eigenvalue weighted by Crippen LogP contribution is -2.39. The standard InChI is InChI=1S/C44H49NO6/c1-48-40-27-23-38(24-28-40)44(37-21-12-7-13-22-37,39-25-29-41(49-2)30-26-39)50-34-16-31-43(35-17-8-5-9-18-35,36-19-10-6-11-20-36)51-42(47)45-32-14-3-4-15-33-46/h5-13,17-30,46H,3-4,14-16,31-34H2,1-2H3,(H,45,47). The van der Waals surface area contributed by atoms with Crippen LogP contribution in [-0.4, -0.2) is 45.2 Å². The van der Waals surface area contributed by atoms with Gasteiger partial charge in [-0.05, 0) is 66.6 Å². The first-order valence-electron chi connectivity index (χ1n) is 17.7. The fourth-order valence-corrected chi connectivity index (χ4v) is 6.63. The van der Waals surface area contributed by atoms with E-state index >= 15 is 0 Å². The Morgan fingerprint density at radius 2 is 1.02 bits per heavy atom. The van der Waals surface area contributed by atoms with Gasteiger partial charge in [0.2, 0.25) is 0 Å². The van der Waals surface area contributed by atoms with E-state index in [9.17, 15) is 4.79 Å². The molecule has 0 saturated heterocycles. The molecule has 0 aliphatic carbocycles. The maximum Gasteiger partial charge on any atom is 0.408 e. The normalized spacial score (nSPS) is 11.5. The Bertz CT molecular complexity index is 1640. The highest BCUT2D eigenvalue weighted by Gasteiger charge is 2.40. The number of hydrogen-bond acceptors (Lipinski definition) is 6. The Hall–Kier alpha value is -5.11. The van der Waals surface area contributed by atoms with Crippen LogP contribution in [0.25, 0.3) is 0 Å². The zero-order chi connectivity index (χ0) is 35.8. The molecule has 0 fully saturated rings. The minimum atomic E-state index is -1.07. The van der Waals surface area contributed by atoms with E-state index in [2.05, 4.69) is 17.4 Å². The molecule has 51 heavy (non-hydrogen) atoms. The second kappa shape index (κ2) is 18.8. The summed E-state index contributed by atoms with van der Waals surface area (Å²) in [5.74, 6) is 1.51. The Morgan fingerprint density at radius 1 is 0.569 bits per heavy atom. The maximum atomic E-state index is 13.5. The monoisotopic (exact) mass is 687 g/mol. The molecule has 0 heterocycles. The number of amides is 1. The van der Waals surface area contributed by atoms with Crippen LogP contribution in [0.3, 0.4) is 0 Å². The first-order chi connectivity index (χ1) is 25.1. The van der Waals surface area contributed by atoms with Gasteiger partial charge in [0.05, 0.1) is 14.2 Å². The molecule has 5 rings (SSSR count). The molecular formula is C44H49NO6. The summed E-state index contributed by atoms with van der Waals surface area (Å²) in [6.45, 7) is 1.03. The number of unbranched alkanes of at least 4 members (excludes halogenated alkanes) is 3. The van der Waals surface area contributed by atoms with Crippen molar-refractivity contribution in [3.8, 4) is 11.5 Å². The van der Waals surface area contributed by atoms with Crippen molar-refractivity contribution in [1.82, 2.24) is 5.32 Å². The first-order valence-corrected chi connectivity index (χ1v) is 17.7. The van der Waals surface area contributed by atoms with E-state index in [-0.39, 0.29) is 6.61 Å². The van der Waals surface area contributed by atoms with Crippen LogP contribution in [0.5, 0.6) is 11.5 Å². The number of methoxy groups -OCH3 is 2. The summed E-state index contributed by atoms with van der Waals surface area (Å²) in [6.07, 6.45) is 3.99. The molecule has 1 amide bonds. The van der Waals surface area contributed by atoms with Crippen molar-refractivity contribution in [3.63, 3.8) is 0 Å². The number of aliphatic hydroxyl groups excluding tert-OH is 1. The number of benzene rings is 5. The Balaban J connectivity index is 1.48. The van der Waals surface area contributed by atoms with E-state index in [0.717, 1.165) is 65.0 Å². The van der Waals surface area contributed by atoms with Crippen molar-refractivity contribution < 1.29 is 28.8 Å². The van der Waals surface area contributed by atoms with Crippen LogP contribution < -0.4 is 14.8 Å². The maximum absolute atomic E-state index is 13.5. The summed E-state index contributed by atoms with van der Waals surface area (Å²) in [4.78, 5) is 13.5. The molecule has 0 atom stereocenters. The Morgan fingerprint density at radius 3 is 1.49 bits per heavy atom. The smallest absolute Gasteiger partial charge is 0.408 e. The zero-order valence-corrected chi connectivity index (χ0v) is 29.6. The Labute approximate surface area is 302 Å². The quantitative estimate of drug-likeness (QED) is 0.0666. The van der Waals surface area contributed by atoms with E-state index in [1.165, 1.54) is 0 Å². The molecule has 266 valence electrons. The van der Waals surface area contributed by atoms with Crippen LogP contribution in [0, 0.1) is 0 Å². The molecule has 7 nitrogen and oxygen atoms in total. The second-order valence-corrected chi connectivity index (χ2v) is 12.5. The van der Waals surface area contributed by atoms with Crippen molar-refractivity contribution in [1.29, 1.82) is 0 Å². The summed E-state index contributed by atoms with van der Waals surface area (Å²) >= 11 is 0. The van der Waals surface area contributed by atoms with Gasteiger partial charge in [0.15, 0.2) is 5.60 Å². The summed E-state index contributed by atoms with van der Waals surface area (Å²) < 4.78 is 24.7. The van der Waals surface area contributed by atoms with Gasteiger partial charge in [0.25, 0.3) is 0 Å². The molecule has 0 spiro atoms. The van der Waals surface area contributed by atoms with E-state index < -0.39 is 17.3 Å². The highest BCUT2D eigenvalue weighted by Crippen LogP contribution is 2.43. The number of aliphatic hydroxyl groups is 1. The lowest BCUT2D eigenvalue weighted by atomic mass is 9.79. The van der Waals surface area contributed by atoms with Gasteiger partial charge in [-0.25, -0.2) is 4.79 Å². The fraction of sp³-hybridized carbons (Fsp3) is 0.295. The summed E-state index contributed by atoms with van der Waals surface area (Å²) in [6, 6.07) is 46.1. The van der Waals surface area contributed by atoms with E-state index in [4.69, 9.17) is 24.1 Å². The minimum absolute atomic E-state index is 0.183. The molecule has 2 N–H and O–H groups in total. The van der Waals surface area contributed by atoms with Gasteiger partial charge in [-0.1, -0.05) is 128 Å².